The van der Waals surface area contributed by atoms with Gasteiger partial charge in [0.1, 0.15) is 11.3 Å². The van der Waals surface area contributed by atoms with E-state index in [1.807, 2.05) is 20.0 Å². The first kappa shape index (κ1) is 20.9. The fraction of sp³-hybridized carbons (Fsp3) is 0.667. The highest BCUT2D eigenvalue weighted by Gasteiger charge is 2.70. The van der Waals surface area contributed by atoms with Gasteiger partial charge in [-0.05, 0) is 70.1 Å². The Bertz CT molecular complexity index is 1270. The van der Waals surface area contributed by atoms with Crippen molar-refractivity contribution in [3.8, 4) is 0 Å². The highest BCUT2D eigenvalue weighted by molar-refractivity contribution is 5.75. The lowest BCUT2D eigenvalue weighted by molar-refractivity contribution is -0.174. The summed E-state index contributed by atoms with van der Waals surface area (Å²) >= 11 is 0. The van der Waals surface area contributed by atoms with E-state index in [4.69, 9.17) is 24.7 Å². The fourth-order valence-electron chi connectivity index (χ4n) is 6.73. The van der Waals surface area contributed by atoms with E-state index >= 15 is 0 Å². The summed E-state index contributed by atoms with van der Waals surface area (Å²) in [7, 11) is 0. The van der Waals surface area contributed by atoms with Crippen molar-refractivity contribution < 1.29 is 4.74 Å². The first-order chi connectivity index (χ1) is 16.4. The normalized spacial score (nSPS) is 32.6. The molecule has 0 spiro atoms. The van der Waals surface area contributed by atoms with Crippen LogP contribution in [0.3, 0.4) is 0 Å². The SMILES string of the molecule is Cc1nc2nc([C@@H]3CCO[C@H](c4cnn(C5CC5)c4)C3)nc(C34CC(C(C)C)(C3)C4)c2nc1C. The quantitative estimate of drug-likeness (QED) is 0.517. The monoisotopic (exact) mass is 458 g/mol. The Morgan fingerprint density at radius 3 is 2.50 bits per heavy atom. The van der Waals surface area contributed by atoms with E-state index in [9.17, 15) is 0 Å². The van der Waals surface area contributed by atoms with Gasteiger partial charge in [-0.3, -0.25) is 4.68 Å². The molecule has 8 rings (SSSR count). The third-order valence-electron chi connectivity index (χ3n) is 9.32. The van der Waals surface area contributed by atoms with Gasteiger partial charge in [-0.2, -0.15) is 5.10 Å². The van der Waals surface area contributed by atoms with Gasteiger partial charge in [0.2, 0.25) is 0 Å². The molecular weight excluding hydrogens is 424 g/mol. The molecule has 2 bridgehead atoms. The zero-order valence-electron chi connectivity index (χ0n) is 20.7. The third kappa shape index (κ3) is 3.01. The van der Waals surface area contributed by atoms with Crippen LogP contribution in [0.1, 0.15) is 105 Å². The predicted octanol–water partition coefficient (Wildman–Crippen LogP) is 5.28. The second kappa shape index (κ2) is 7.06. The fourth-order valence-corrected chi connectivity index (χ4v) is 6.73. The lowest BCUT2D eigenvalue weighted by Gasteiger charge is -2.72. The number of aromatic nitrogens is 6. The number of nitrogens with zero attached hydrogens (tertiary/aromatic N) is 6. The molecule has 7 nitrogen and oxygen atoms in total. The average molecular weight is 459 g/mol. The van der Waals surface area contributed by atoms with Gasteiger partial charge in [-0.15, -0.1) is 0 Å². The number of ether oxygens (including phenoxy) is 1. The Kier molecular flexibility index (Phi) is 4.34. The summed E-state index contributed by atoms with van der Waals surface area (Å²) in [5.41, 5.74) is 6.67. The van der Waals surface area contributed by atoms with E-state index in [-0.39, 0.29) is 17.4 Å². The molecule has 1 aliphatic heterocycles. The highest BCUT2D eigenvalue weighted by atomic mass is 16.5. The van der Waals surface area contributed by atoms with Crippen LogP contribution in [-0.2, 0) is 10.2 Å². The van der Waals surface area contributed by atoms with Crippen LogP contribution < -0.4 is 0 Å². The standard InChI is InChI=1S/C27H34N6O/c1-15(2)26-12-27(13-26,14-26)23-22-25(30-17(4)16(3)29-22)32-24(31-23)18-7-8-34-21(9-18)19-10-28-33(11-19)20-5-6-20/h10-11,15,18,20-21H,5-9,12-14H2,1-4H3/t18-,21+,26?,27?/m1/s1. The van der Waals surface area contributed by atoms with E-state index in [2.05, 4.69) is 29.8 Å². The molecule has 0 unspecified atom stereocenters. The molecular formula is C27H34N6O. The molecule has 4 heterocycles. The third-order valence-corrected chi connectivity index (χ3v) is 9.32. The van der Waals surface area contributed by atoms with Crippen LogP contribution in [0, 0.1) is 25.2 Å². The number of hydrogen-bond acceptors (Lipinski definition) is 6. The first-order valence-corrected chi connectivity index (χ1v) is 13.0. The summed E-state index contributed by atoms with van der Waals surface area (Å²) in [5, 5.41) is 4.59. The van der Waals surface area contributed by atoms with Crippen molar-refractivity contribution in [2.75, 3.05) is 6.61 Å². The van der Waals surface area contributed by atoms with Crippen molar-refractivity contribution in [2.24, 2.45) is 11.3 Å². The Morgan fingerprint density at radius 2 is 1.76 bits per heavy atom. The number of rotatable bonds is 5. The zero-order valence-corrected chi connectivity index (χ0v) is 20.7. The predicted molar refractivity (Wildman–Crippen MR) is 129 cm³/mol. The maximum absolute atomic E-state index is 6.19. The largest absolute Gasteiger partial charge is 0.373 e. The maximum Gasteiger partial charge on any atom is 0.182 e. The van der Waals surface area contributed by atoms with Gasteiger partial charge in [0.05, 0.1) is 35.4 Å². The first-order valence-electron chi connectivity index (χ1n) is 13.0. The van der Waals surface area contributed by atoms with Gasteiger partial charge in [0.25, 0.3) is 0 Å². The lowest BCUT2D eigenvalue weighted by atomic mass is 9.31. The summed E-state index contributed by atoms with van der Waals surface area (Å²) in [4.78, 5) is 20.2. The molecule has 0 radical (unpaired) electrons. The summed E-state index contributed by atoms with van der Waals surface area (Å²) in [6.45, 7) is 9.53. The second-order valence-electron chi connectivity index (χ2n) is 11.9. The minimum absolute atomic E-state index is 0.0546. The van der Waals surface area contributed by atoms with E-state index < -0.39 is 0 Å². The molecule has 5 fully saturated rings. The molecule has 4 aliphatic carbocycles. The molecule has 0 aromatic carbocycles. The van der Waals surface area contributed by atoms with Gasteiger partial charge in [-0.1, -0.05) is 13.8 Å². The van der Waals surface area contributed by atoms with Crippen molar-refractivity contribution in [3.63, 3.8) is 0 Å². The molecule has 0 N–H and O–H groups in total. The summed E-state index contributed by atoms with van der Waals surface area (Å²) in [6.07, 6.45) is 12.2. The Morgan fingerprint density at radius 1 is 1.00 bits per heavy atom. The van der Waals surface area contributed by atoms with Crippen LogP contribution in [0.4, 0.5) is 0 Å². The van der Waals surface area contributed by atoms with E-state index in [1.54, 1.807) is 0 Å². The van der Waals surface area contributed by atoms with Crippen LogP contribution in [0.5, 0.6) is 0 Å². The van der Waals surface area contributed by atoms with Gasteiger partial charge >= 0.3 is 0 Å². The lowest BCUT2D eigenvalue weighted by Crippen LogP contribution is -2.67. The van der Waals surface area contributed by atoms with Gasteiger partial charge in [0.15, 0.2) is 5.65 Å². The number of aryl methyl sites for hydroxylation is 2. The van der Waals surface area contributed by atoms with Crippen molar-refractivity contribution >= 4 is 11.2 Å². The van der Waals surface area contributed by atoms with Gasteiger partial charge in [0, 0.05) is 29.7 Å². The molecule has 2 atom stereocenters. The number of fused-ring (bicyclic) bond motifs is 1. The maximum atomic E-state index is 6.19. The van der Waals surface area contributed by atoms with Crippen LogP contribution in [0.15, 0.2) is 12.4 Å². The van der Waals surface area contributed by atoms with Crippen LogP contribution in [-0.4, -0.2) is 36.3 Å². The Hall–Kier alpha value is -2.41. The Balaban J connectivity index is 1.24. The summed E-state index contributed by atoms with van der Waals surface area (Å²) in [5.74, 6) is 1.93. The smallest absolute Gasteiger partial charge is 0.182 e. The number of hydrogen-bond donors (Lipinski definition) is 0. The Labute approximate surface area is 200 Å². The molecule has 178 valence electrons. The zero-order chi connectivity index (χ0) is 23.2. The van der Waals surface area contributed by atoms with Crippen molar-refractivity contribution in [3.05, 3.63) is 40.9 Å². The van der Waals surface area contributed by atoms with Crippen molar-refractivity contribution in [1.82, 2.24) is 29.7 Å². The minimum Gasteiger partial charge on any atom is -0.373 e. The van der Waals surface area contributed by atoms with Crippen LogP contribution in [0.25, 0.3) is 11.2 Å². The van der Waals surface area contributed by atoms with Gasteiger partial charge < -0.3 is 4.74 Å². The van der Waals surface area contributed by atoms with Crippen LogP contribution in [0.2, 0.25) is 0 Å². The summed E-state index contributed by atoms with van der Waals surface area (Å²) < 4.78 is 8.30. The van der Waals surface area contributed by atoms with E-state index in [0.717, 1.165) is 59.4 Å². The van der Waals surface area contributed by atoms with Crippen LogP contribution >= 0.6 is 0 Å². The second-order valence-corrected chi connectivity index (χ2v) is 11.9. The van der Waals surface area contributed by atoms with E-state index in [0.29, 0.717) is 11.5 Å². The molecule has 5 aliphatic rings. The van der Waals surface area contributed by atoms with Crippen molar-refractivity contribution in [1.29, 1.82) is 0 Å². The van der Waals surface area contributed by atoms with Gasteiger partial charge in [-0.25, -0.2) is 19.9 Å². The minimum atomic E-state index is 0.0546. The molecule has 0 amide bonds. The average Bonchev–Trinajstić information content (AvgIpc) is 3.49. The molecule has 4 saturated carbocycles. The molecule has 3 aromatic rings. The summed E-state index contributed by atoms with van der Waals surface area (Å²) in [6, 6.07) is 0.590. The molecule has 3 aromatic heterocycles. The molecule has 1 saturated heterocycles. The van der Waals surface area contributed by atoms with E-state index in [1.165, 1.54) is 37.7 Å². The highest BCUT2D eigenvalue weighted by Crippen LogP contribution is 2.76. The van der Waals surface area contributed by atoms with Crippen molar-refractivity contribution in [2.45, 2.75) is 96.1 Å². The topological polar surface area (TPSA) is 78.6 Å². The molecule has 7 heteroatoms. The molecule has 34 heavy (non-hydrogen) atoms.